The second kappa shape index (κ2) is 6.10. The minimum absolute atomic E-state index is 0.0100. The quantitative estimate of drug-likeness (QED) is 0.790. The summed E-state index contributed by atoms with van der Waals surface area (Å²) in [6.07, 6.45) is 2.89. The first kappa shape index (κ1) is 13.9. The van der Waals surface area contributed by atoms with Crippen molar-refractivity contribution in [2.24, 2.45) is 0 Å². The van der Waals surface area contributed by atoms with E-state index in [1.54, 1.807) is 0 Å². The van der Waals surface area contributed by atoms with Gasteiger partial charge in [-0.15, -0.1) is 0 Å². The van der Waals surface area contributed by atoms with Gasteiger partial charge in [0, 0.05) is 18.0 Å². The molecule has 0 saturated carbocycles. The summed E-state index contributed by atoms with van der Waals surface area (Å²) in [6, 6.07) is 7.37. The van der Waals surface area contributed by atoms with Gasteiger partial charge in [0.1, 0.15) is 0 Å². The normalized spacial score (nSPS) is 10.4. The predicted octanol–water partition coefficient (Wildman–Crippen LogP) is 2.92. The van der Waals surface area contributed by atoms with Gasteiger partial charge in [-0.2, -0.15) is 8.78 Å². The van der Waals surface area contributed by atoms with E-state index in [1.807, 2.05) is 0 Å². The van der Waals surface area contributed by atoms with Crippen molar-refractivity contribution >= 4 is 5.78 Å². The molecule has 0 amide bonds. The van der Waals surface area contributed by atoms with Crippen LogP contribution >= 0.6 is 0 Å². The van der Waals surface area contributed by atoms with E-state index in [0.717, 1.165) is 0 Å². The van der Waals surface area contributed by atoms with Gasteiger partial charge in [-0.3, -0.25) is 9.78 Å². The molecule has 6 heteroatoms. The van der Waals surface area contributed by atoms with Crippen molar-refractivity contribution in [3.05, 3.63) is 53.9 Å². The lowest BCUT2D eigenvalue weighted by molar-refractivity contribution is -0.0514. The Kier molecular flexibility index (Phi) is 4.24. The number of alkyl halides is 2. The number of carbonyl (C=O) groups excluding carboxylic acids is 1. The molecular formula is C14H11F2NO3. The predicted molar refractivity (Wildman–Crippen MR) is 67.3 cm³/mol. The molecule has 0 aliphatic carbocycles. The minimum Gasteiger partial charge on any atom is -0.493 e. The number of ether oxygens (including phenoxy) is 2. The van der Waals surface area contributed by atoms with Crippen molar-refractivity contribution < 1.29 is 23.0 Å². The summed E-state index contributed by atoms with van der Waals surface area (Å²) in [5.74, 6) is -0.640. The number of para-hydroxylation sites is 1. The third kappa shape index (κ3) is 2.90. The summed E-state index contributed by atoms with van der Waals surface area (Å²) in [4.78, 5) is 16.1. The molecule has 0 saturated heterocycles. The largest absolute Gasteiger partial charge is 0.493 e. The van der Waals surface area contributed by atoms with E-state index in [0.29, 0.717) is 5.56 Å². The second-order valence-electron chi connectivity index (χ2n) is 3.78. The number of ketones is 1. The summed E-state index contributed by atoms with van der Waals surface area (Å²) in [6.45, 7) is -3.05. The SMILES string of the molecule is COc1cccc(C(=O)c2ccncc2)c1OC(F)F. The lowest BCUT2D eigenvalue weighted by Gasteiger charge is -2.13. The molecule has 104 valence electrons. The van der Waals surface area contributed by atoms with E-state index < -0.39 is 12.4 Å². The Labute approximate surface area is 114 Å². The van der Waals surface area contributed by atoms with Gasteiger partial charge in [0.15, 0.2) is 17.3 Å². The lowest BCUT2D eigenvalue weighted by atomic mass is 10.0. The number of carbonyl (C=O) groups is 1. The summed E-state index contributed by atoms with van der Waals surface area (Å²) in [5.41, 5.74) is 0.336. The fourth-order valence-corrected chi connectivity index (χ4v) is 1.72. The first-order chi connectivity index (χ1) is 9.63. The van der Waals surface area contributed by atoms with Crippen molar-refractivity contribution in [3.63, 3.8) is 0 Å². The van der Waals surface area contributed by atoms with Crippen LogP contribution in [0.3, 0.4) is 0 Å². The van der Waals surface area contributed by atoms with E-state index in [2.05, 4.69) is 9.72 Å². The van der Waals surface area contributed by atoms with Crippen LogP contribution in [0.15, 0.2) is 42.7 Å². The number of hydrogen-bond acceptors (Lipinski definition) is 4. The number of rotatable bonds is 5. The maximum atomic E-state index is 12.5. The maximum absolute atomic E-state index is 12.5. The molecule has 0 spiro atoms. The van der Waals surface area contributed by atoms with Crippen LogP contribution in [0.1, 0.15) is 15.9 Å². The zero-order valence-corrected chi connectivity index (χ0v) is 10.5. The Morgan fingerprint density at radius 1 is 1.20 bits per heavy atom. The zero-order valence-electron chi connectivity index (χ0n) is 10.5. The van der Waals surface area contributed by atoms with Crippen LogP contribution in [0.2, 0.25) is 0 Å². The van der Waals surface area contributed by atoms with Gasteiger partial charge in [0.05, 0.1) is 12.7 Å². The van der Waals surface area contributed by atoms with Crippen molar-refractivity contribution in [1.29, 1.82) is 0 Å². The monoisotopic (exact) mass is 279 g/mol. The van der Waals surface area contributed by atoms with Gasteiger partial charge >= 0.3 is 6.61 Å². The molecule has 0 aliphatic rings. The van der Waals surface area contributed by atoms with Crippen LogP contribution in [0.4, 0.5) is 8.78 Å². The third-order valence-electron chi connectivity index (χ3n) is 2.59. The number of benzene rings is 1. The highest BCUT2D eigenvalue weighted by atomic mass is 19.3. The standard InChI is InChI=1S/C14H11F2NO3/c1-19-11-4-2-3-10(13(11)20-14(15)16)12(18)9-5-7-17-8-6-9/h2-8,14H,1H3. The van der Waals surface area contributed by atoms with Gasteiger partial charge in [0.2, 0.25) is 0 Å². The molecule has 20 heavy (non-hydrogen) atoms. The molecule has 1 heterocycles. The number of aromatic nitrogens is 1. The van der Waals surface area contributed by atoms with Crippen LogP contribution < -0.4 is 9.47 Å². The molecule has 0 bridgehead atoms. The molecule has 0 fully saturated rings. The molecular weight excluding hydrogens is 268 g/mol. The number of nitrogens with zero attached hydrogens (tertiary/aromatic N) is 1. The van der Waals surface area contributed by atoms with E-state index >= 15 is 0 Å². The molecule has 0 radical (unpaired) electrons. The van der Waals surface area contributed by atoms with Crippen LogP contribution in [0.5, 0.6) is 11.5 Å². The Balaban J connectivity index is 2.48. The molecule has 1 aromatic carbocycles. The molecule has 0 N–H and O–H groups in total. The molecule has 4 nitrogen and oxygen atoms in total. The van der Waals surface area contributed by atoms with E-state index in [-0.39, 0.29) is 17.1 Å². The van der Waals surface area contributed by atoms with Crippen LogP contribution in [-0.4, -0.2) is 24.5 Å². The van der Waals surface area contributed by atoms with E-state index in [1.165, 1.54) is 49.8 Å². The molecule has 0 unspecified atom stereocenters. The summed E-state index contributed by atoms with van der Waals surface area (Å²) in [5, 5.41) is 0. The minimum atomic E-state index is -3.05. The number of halogens is 2. The van der Waals surface area contributed by atoms with Crippen LogP contribution in [0, 0.1) is 0 Å². The Morgan fingerprint density at radius 2 is 1.90 bits per heavy atom. The van der Waals surface area contributed by atoms with Gasteiger partial charge in [-0.1, -0.05) is 6.07 Å². The average molecular weight is 279 g/mol. The number of pyridine rings is 1. The third-order valence-corrected chi connectivity index (χ3v) is 2.59. The maximum Gasteiger partial charge on any atom is 0.387 e. The molecule has 1 aromatic heterocycles. The van der Waals surface area contributed by atoms with Gasteiger partial charge in [-0.05, 0) is 24.3 Å². The van der Waals surface area contributed by atoms with Crippen LogP contribution in [0.25, 0.3) is 0 Å². The number of hydrogen-bond donors (Lipinski definition) is 0. The van der Waals surface area contributed by atoms with Crippen LogP contribution in [-0.2, 0) is 0 Å². The second-order valence-corrected chi connectivity index (χ2v) is 3.78. The van der Waals surface area contributed by atoms with E-state index in [9.17, 15) is 13.6 Å². The summed E-state index contributed by atoms with van der Waals surface area (Å²) in [7, 11) is 1.31. The fourth-order valence-electron chi connectivity index (χ4n) is 1.72. The van der Waals surface area contributed by atoms with Gasteiger partial charge in [0.25, 0.3) is 0 Å². The fraction of sp³-hybridized carbons (Fsp3) is 0.143. The topological polar surface area (TPSA) is 48.4 Å². The van der Waals surface area contributed by atoms with Crippen molar-refractivity contribution in [3.8, 4) is 11.5 Å². The average Bonchev–Trinajstić information content (AvgIpc) is 2.47. The molecule has 0 atom stereocenters. The van der Waals surface area contributed by atoms with Gasteiger partial charge in [-0.25, -0.2) is 0 Å². The summed E-state index contributed by atoms with van der Waals surface area (Å²) >= 11 is 0. The number of methoxy groups -OCH3 is 1. The summed E-state index contributed by atoms with van der Waals surface area (Å²) < 4.78 is 34.3. The first-order valence-corrected chi connectivity index (χ1v) is 5.70. The Hall–Kier alpha value is -2.50. The van der Waals surface area contributed by atoms with Crippen molar-refractivity contribution in [2.45, 2.75) is 6.61 Å². The molecule has 0 aliphatic heterocycles. The Morgan fingerprint density at radius 3 is 2.50 bits per heavy atom. The Bertz CT molecular complexity index is 603. The van der Waals surface area contributed by atoms with Crippen molar-refractivity contribution in [1.82, 2.24) is 4.98 Å². The van der Waals surface area contributed by atoms with Crippen molar-refractivity contribution in [2.75, 3.05) is 7.11 Å². The molecule has 2 rings (SSSR count). The highest BCUT2D eigenvalue weighted by molar-refractivity contribution is 6.11. The molecule has 2 aromatic rings. The zero-order chi connectivity index (χ0) is 14.5. The van der Waals surface area contributed by atoms with Gasteiger partial charge < -0.3 is 9.47 Å². The lowest BCUT2D eigenvalue weighted by Crippen LogP contribution is -2.10. The highest BCUT2D eigenvalue weighted by Crippen LogP contribution is 2.33. The van der Waals surface area contributed by atoms with E-state index in [4.69, 9.17) is 4.74 Å². The smallest absolute Gasteiger partial charge is 0.387 e. The first-order valence-electron chi connectivity index (χ1n) is 5.70. The highest BCUT2D eigenvalue weighted by Gasteiger charge is 2.21.